The molecule has 0 radical (unpaired) electrons. The number of rotatable bonds is 6. The molecule has 2 aromatic carbocycles. The summed E-state index contributed by atoms with van der Waals surface area (Å²) in [4.78, 5) is 11.8. The molecule has 116 valence electrons. The molecular weight excluding hydrogens is 298 g/mol. The monoisotopic (exact) mass is 317 g/mol. The average Bonchev–Trinajstić information content (AvgIpc) is 2.52. The summed E-state index contributed by atoms with van der Waals surface area (Å²) in [5.74, 6) is 1.00. The minimum atomic E-state index is -0.148. The van der Waals surface area contributed by atoms with Gasteiger partial charge in [0.15, 0.2) is 6.61 Å². The number of nitrogens with one attached hydrogen (secondary N) is 1. The summed E-state index contributed by atoms with van der Waals surface area (Å²) in [5.41, 5.74) is 2.19. The van der Waals surface area contributed by atoms with Gasteiger partial charge < -0.3 is 10.1 Å². The lowest BCUT2D eigenvalue weighted by atomic mass is 10.0. The van der Waals surface area contributed by atoms with Crippen LogP contribution in [0.15, 0.2) is 48.5 Å². The molecule has 0 atom stereocenters. The van der Waals surface area contributed by atoms with Crippen molar-refractivity contribution < 1.29 is 9.53 Å². The van der Waals surface area contributed by atoms with E-state index in [0.29, 0.717) is 23.2 Å². The first kappa shape index (κ1) is 16.4. The van der Waals surface area contributed by atoms with Gasteiger partial charge in [-0.2, -0.15) is 0 Å². The third kappa shape index (κ3) is 5.08. The molecule has 0 heterocycles. The highest BCUT2D eigenvalue weighted by Gasteiger charge is 2.05. The van der Waals surface area contributed by atoms with Crippen LogP contribution in [0.5, 0.6) is 5.75 Å². The fraction of sp³-hybridized carbons (Fsp3) is 0.278. The number of ether oxygens (including phenoxy) is 1. The van der Waals surface area contributed by atoms with Gasteiger partial charge in [0.1, 0.15) is 5.75 Å². The van der Waals surface area contributed by atoms with Crippen molar-refractivity contribution in [1.82, 2.24) is 5.32 Å². The molecule has 0 aliphatic carbocycles. The van der Waals surface area contributed by atoms with Gasteiger partial charge in [-0.05, 0) is 41.3 Å². The van der Waals surface area contributed by atoms with Crippen molar-refractivity contribution >= 4 is 17.5 Å². The Morgan fingerprint density at radius 1 is 1.18 bits per heavy atom. The zero-order valence-electron chi connectivity index (χ0n) is 12.8. The summed E-state index contributed by atoms with van der Waals surface area (Å²) in [6.45, 7) is 4.72. The van der Waals surface area contributed by atoms with Gasteiger partial charge in [0, 0.05) is 11.6 Å². The maximum atomic E-state index is 11.8. The van der Waals surface area contributed by atoms with Crippen LogP contribution in [0.2, 0.25) is 5.02 Å². The molecule has 0 aliphatic heterocycles. The van der Waals surface area contributed by atoms with E-state index >= 15 is 0 Å². The van der Waals surface area contributed by atoms with Crippen LogP contribution in [0, 0.1) is 0 Å². The van der Waals surface area contributed by atoms with Crippen molar-refractivity contribution in [3.63, 3.8) is 0 Å². The van der Waals surface area contributed by atoms with Crippen LogP contribution in [-0.2, 0) is 11.3 Å². The normalized spacial score (nSPS) is 10.5. The third-order valence-electron chi connectivity index (χ3n) is 3.30. The summed E-state index contributed by atoms with van der Waals surface area (Å²) < 4.78 is 5.53. The number of amides is 1. The van der Waals surface area contributed by atoms with E-state index in [1.807, 2.05) is 30.3 Å². The van der Waals surface area contributed by atoms with Crippen molar-refractivity contribution in [2.24, 2.45) is 0 Å². The lowest BCUT2D eigenvalue weighted by Crippen LogP contribution is -2.28. The highest BCUT2D eigenvalue weighted by molar-refractivity contribution is 6.30. The highest BCUT2D eigenvalue weighted by atomic mass is 35.5. The summed E-state index contributed by atoms with van der Waals surface area (Å²) in [5, 5.41) is 3.50. The van der Waals surface area contributed by atoms with Gasteiger partial charge in [0.2, 0.25) is 0 Å². The Morgan fingerprint density at radius 3 is 2.59 bits per heavy atom. The second-order valence-electron chi connectivity index (χ2n) is 5.42. The van der Waals surface area contributed by atoms with Crippen molar-refractivity contribution in [2.75, 3.05) is 6.61 Å². The second kappa shape index (κ2) is 7.85. The Hall–Kier alpha value is -2.00. The summed E-state index contributed by atoms with van der Waals surface area (Å²) in [6.07, 6.45) is 0. The molecular formula is C18H20ClNO2. The van der Waals surface area contributed by atoms with Crippen LogP contribution in [0.1, 0.15) is 30.9 Å². The van der Waals surface area contributed by atoms with Gasteiger partial charge in [0.25, 0.3) is 5.91 Å². The number of halogens is 1. The Labute approximate surface area is 136 Å². The third-order valence-corrected chi connectivity index (χ3v) is 3.55. The maximum absolute atomic E-state index is 11.8. The van der Waals surface area contributed by atoms with Gasteiger partial charge in [-0.15, -0.1) is 0 Å². The van der Waals surface area contributed by atoms with E-state index in [2.05, 4.69) is 25.2 Å². The first-order valence-electron chi connectivity index (χ1n) is 7.28. The number of hydrogen-bond acceptors (Lipinski definition) is 2. The fourth-order valence-electron chi connectivity index (χ4n) is 1.97. The van der Waals surface area contributed by atoms with Crippen molar-refractivity contribution in [1.29, 1.82) is 0 Å². The number of carbonyl (C=O) groups is 1. The Kier molecular flexibility index (Phi) is 5.84. The van der Waals surface area contributed by atoms with Gasteiger partial charge in [-0.1, -0.05) is 49.7 Å². The van der Waals surface area contributed by atoms with Crippen molar-refractivity contribution in [3.05, 3.63) is 64.7 Å². The first-order valence-corrected chi connectivity index (χ1v) is 7.66. The molecule has 0 unspecified atom stereocenters. The van der Waals surface area contributed by atoms with Crippen LogP contribution in [0.4, 0.5) is 0 Å². The minimum Gasteiger partial charge on any atom is -0.484 e. The molecule has 0 aliphatic rings. The van der Waals surface area contributed by atoms with Crippen LogP contribution >= 0.6 is 11.6 Å². The van der Waals surface area contributed by atoms with E-state index in [4.69, 9.17) is 16.3 Å². The Bertz CT molecular complexity index is 623. The van der Waals surface area contributed by atoms with Gasteiger partial charge in [-0.25, -0.2) is 0 Å². The first-order chi connectivity index (χ1) is 10.5. The predicted octanol–water partition coefficient (Wildman–Crippen LogP) is 4.16. The number of carbonyl (C=O) groups excluding carboxylic acids is 1. The molecule has 1 N–H and O–H groups in total. The molecule has 0 bridgehead atoms. The molecule has 0 saturated heterocycles. The van der Waals surface area contributed by atoms with E-state index in [0.717, 1.165) is 5.56 Å². The van der Waals surface area contributed by atoms with E-state index < -0.39 is 0 Å². The largest absolute Gasteiger partial charge is 0.484 e. The second-order valence-corrected chi connectivity index (χ2v) is 5.86. The van der Waals surface area contributed by atoms with Gasteiger partial charge in [0.05, 0.1) is 0 Å². The predicted molar refractivity (Wildman–Crippen MR) is 89.3 cm³/mol. The smallest absolute Gasteiger partial charge is 0.258 e. The lowest BCUT2D eigenvalue weighted by molar-refractivity contribution is -0.123. The van der Waals surface area contributed by atoms with Crippen LogP contribution in [0.3, 0.4) is 0 Å². The molecule has 0 aromatic heterocycles. The summed E-state index contributed by atoms with van der Waals surface area (Å²) >= 11 is 5.82. The lowest BCUT2D eigenvalue weighted by Gasteiger charge is -2.10. The molecule has 4 heteroatoms. The minimum absolute atomic E-state index is 0.00907. The maximum Gasteiger partial charge on any atom is 0.258 e. The zero-order valence-corrected chi connectivity index (χ0v) is 13.6. The molecule has 1 amide bonds. The van der Waals surface area contributed by atoms with Crippen LogP contribution in [0.25, 0.3) is 0 Å². The molecule has 0 saturated carbocycles. The van der Waals surface area contributed by atoms with Crippen molar-refractivity contribution in [3.8, 4) is 5.75 Å². The van der Waals surface area contributed by atoms with Crippen LogP contribution < -0.4 is 10.1 Å². The van der Waals surface area contributed by atoms with E-state index in [9.17, 15) is 4.79 Å². The molecule has 2 aromatic rings. The van der Waals surface area contributed by atoms with E-state index in [1.165, 1.54) is 5.56 Å². The molecule has 2 rings (SSSR count). The Balaban J connectivity index is 1.80. The standard InChI is InChI=1S/C18H20ClNO2/c1-13(2)15-4-3-5-17(10-15)22-12-18(21)20-11-14-6-8-16(19)9-7-14/h3-10,13H,11-12H2,1-2H3,(H,20,21). The van der Waals surface area contributed by atoms with Gasteiger partial charge >= 0.3 is 0 Å². The SMILES string of the molecule is CC(C)c1cccc(OCC(=O)NCc2ccc(Cl)cc2)c1. The molecule has 0 spiro atoms. The summed E-state index contributed by atoms with van der Waals surface area (Å²) in [7, 11) is 0. The molecule has 22 heavy (non-hydrogen) atoms. The van der Waals surface area contributed by atoms with E-state index in [-0.39, 0.29) is 12.5 Å². The number of hydrogen-bond donors (Lipinski definition) is 1. The molecule has 3 nitrogen and oxygen atoms in total. The topological polar surface area (TPSA) is 38.3 Å². The Morgan fingerprint density at radius 2 is 1.91 bits per heavy atom. The zero-order chi connectivity index (χ0) is 15.9. The van der Waals surface area contributed by atoms with Crippen LogP contribution in [-0.4, -0.2) is 12.5 Å². The van der Waals surface area contributed by atoms with E-state index in [1.54, 1.807) is 12.1 Å². The number of benzene rings is 2. The summed E-state index contributed by atoms with van der Waals surface area (Å²) in [6, 6.07) is 15.2. The fourth-order valence-corrected chi connectivity index (χ4v) is 2.09. The quantitative estimate of drug-likeness (QED) is 0.868. The average molecular weight is 318 g/mol. The van der Waals surface area contributed by atoms with Crippen molar-refractivity contribution in [2.45, 2.75) is 26.3 Å². The van der Waals surface area contributed by atoms with Gasteiger partial charge in [-0.3, -0.25) is 4.79 Å². The molecule has 0 fully saturated rings. The highest BCUT2D eigenvalue weighted by Crippen LogP contribution is 2.19.